The van der Waals surface area contributed by atoms with Crippen LogP contribution >= 0.6 is 0 Å². The summed E-state index contributed by atoms with van der Waals surface area (Å²) in [7, 11) is 0. The molecule has 13 heavy (non-hydrogen) atoms. The average molecular weight is 189 g/mol. The maximum absolute atomic E-state index is 10.9. The lowest BCUT2D eigenvalue weighted by molar-refractivity contribution is -0.141. The van der Waals surface area contributed by atoms with Gasteiger partial charge in [0.15, 0.2) is 0 Å². The van der Waals surface area contributed by atoms with Gasteiger partial charge in [-0.2, -0.15) is 0 Å². The maximum atomic E-state index is 10.9. The molecular formula is C7H11NO5. The molecule has 0 aromatic carbocycles. The number of carboxylic acid groups (broad SMARTS) is 1. The smallest absolute Gasteiger partial charge is 0.312 e. The second-order valence-electron chi connectivity index (χ2n) is 2.85. The van der Waals surface area contributed by atoms with E-state index in [0.717, 1.165) is 0 Å². The summed E-state index contributed by atoms with van der Waals surface area (Å²) in [4.78, 5) is 21.0. The molecule has 0 unspecified atom stereocenters. The summed E-state index contributed by atoms with van der Waals surface area (Å²) in [6, 6.07) is -0.480. The van der Waals surface area contributed by atoms with Gasteiger partial charge in [0.1, 0.15) is 6.42 Å². The normalized spacial score (nSPS) is 27.2. The van der Waals surface area contributed by atoms with Crippen molar-refractivity contribution in [2.45, 2.75) is 18.6 Å². The molecule has 1 amide bonds. The SMILES string of the molecule is O=C(O)CC(=O)N[C@@H]1COC[C@H]1O. The van der Waals surface area contributed by atoms with Gasteiger partial charge in [-0.3, -0.25) is 9.59 Å². The topological polar surface area (TPSA) is 95.9 Å². The fourth-order valence-electron chi connectivity index (χ4n) is 1.08. The van der Waals surface area contributed by atoms with Crippen LogP contribution in [0.5, 0.6) is 0 Å². The molecule has 0 saturated carbocycles. The lowest BCUT2D eigenvalue weighted by Gasteiger charge is -2.13. The van der Waals surface area contributed by atoms with Crippen molar-refractivity contribution in [3.63, 3.8) is 0 Å². The number of amides is 1. The number of carbonyl (C=O) groups excluding carboxylic acids is 1. The van der Waals surface area contributed by atoms with Gasteiger partial charge in [0.05, 0.1) is 25.4 Å². The molecule has 3 N–H and O–H groups in total. The zero-order valence-corrected chi connectivity index (χ0v) is 6.90. The van der Waals surface area contributed by atoms with E-state index in [1.807, 2.05) is 0 Å². The first-order valence-corrected chi connectivity index (χ1v) is 3.86. The third-order valence-electron chi connectivity index (χ3n) is 1.71. The quantitative estimate of drug-likeness (QED) is 0.462. The van der Waals surface area contributed by atoms with E-state index in [2.05, 4.69) is 5.32 Å². The Kier molecular flexibility index (Phi) is 3.21. The Morgan fingerprint density at radius 3 is 2.62 bits per heavy atom. The lowest BCUT2D eigenvalue weighted by atomic mass is 10.2. The zero-order valence-electron chi connectivity index (χ0n) is 6.90. The monoisotopic (exact) mass is 189 g/mol. The summed E-state index contributed by atoms with van der Waals surface area (Å²) in [5, 5.41) is 19.8. The Morgan fingerprint density at radius 2 is 2.15 bits per heavy atom. The molecule has 1 saturated heterocycles. The largest absolute Gasteiger partial charge is 0.481 e. The minimum absolute atomic E-state index is 0.179. The van der Waals surface area contributed by atoms with E-state index in [0.29, 0.717) is 0 Å². The highest BCUT2D eigenvalue weighted by atomic mass is 16.5. The van der Waals surface area contributed by atoms with Crippen LogP contribution in [0.25, 0.3) is 0 Å². The van der Waals surface area contributed by atoms with Crippen LogP contribution < -0.4 is 5.32 Å². The second-order valence-corrected chi connectivity index (χ2v) is 2.85. The van der Waals surface area contributed by atoms with Gasteiger partial charge in [0.2, 0.25) is 5.91 Å². The van der Waals surface area contributed by atoms with Gasteiger partial charge in [-0.15, -0.1) is 0 Å². The Labute approximate surface area is 74.5 Å². The Morgan fingerprint density at radius 1 is 1.46 bits per heavy atom. The summed E-state index contributed by atoms with van der Waals surface area (Å²) in [5.41, 5.74) is 0. The van der Waals surface area contributed by atoms with E-state index in [-0.39, 0.29) is 13.2 Å². The van der Waals surface area contributed by atoms with Crippen LogP contribution in [0.15, 0.2) is 0 Å². The minimum Gasteiger partial charge on any atom is -0.481 e. The molecule has 0 aliphatic carbocycles. The van der Waals surface area contributed by atoms with Gasteiger partial charge in [-0.1, -0.05) is 0 Å². The number of carbonyl (C=O) groups is 2. The number of aliphatic carboxylic acids is 1. The first kappa shape index (κ1) is 9.94. The van der Waals surface area contributed by atoms with E-state index in [1.165, 1.54) is 0 Å². The molecule has 0 radical (unpaired) electrons. The number of carboxylic acids is 1. The standard InChI is InChI=1S/C7H11NO5/c9-5-3-13-2-4(5)8-6(10)1-7(11)12/h4-5,9H,1-3H2,(H,8,10)(H,11,12)/t4-,5-/m1/s1. The maximum Gasteiger partial charge on any atom is 0.312 e. The fourth-order valence-corrected chi connectivity index (χ4v) is 1.08. The first-order chi connectivity index (χ1) is 6.09. The van der Waals surface area contributed by atoms with Gasteiger partial charge in [0.25, 0.3) is 0 Å². The van der Waals surface area contributed by atoms with Crippen molar-refractivity contribution in [1.29, 1.82) is 0 Å². The Bertz CT molecular complexity index is 217. The molecule has 6 heteroatoms. The van der Waals surface area contributed by atoms with Crippen molar-refractivity contribution in [2.24, 2.45) is 0 Å². The van der Waals surface area contributed by atoms with E-state index >= 15 is 0 Å². The molecule has 1 aliphatic rings. The third-order valence-corrected chi connectivity index (χ3v) is 1.71. The van der Waals surface area contributed by atoms with Gasteiger partial charge in [0, 0.05) is 0 Å². The number of nitrogens with one attached hydrogen (secondary N) is 1. The molecule has 1 fully saturated rings. The van der Waals surface area contributed by atoms with Crippen molar-refractivity contribution in [1.82, 2.24) is 5.32 Å². The van der Waals surface area contributed by atoms with Crippen molar-refractivity contribution in [3.05, 3.63) is 0 Å². The number of aliphatic hydroxyl groups is 1. The van der Waals surface area contributed by atoms with Crippen molar-refractivity contribution in [2.75, 3.05) is 13.2 Å². The van der Waals surface area contributed by atoms with Crippen LogP contribution in [-0.4, -0.2) is 47.4 Å². The van der Waals surface area contributed by atoms with Crippen molar-refractivity contribution in [3.8, 4) is 0 Å². The van der Waals surface area contributed by atoms with E-state index in [9.17, 15) is 14.7 Å². The van der Waals surface area contributed by atoms with Crippen LogP contribution in [0.1, 0.15) is 6.42 Å². The number of aliphatic hydroxyl groups excluding tert-OH is 1. The Balaban J connectivity index is 2.31. The molecule has 1 aliphatic heterocycles. The predicted octanol–water partition coefficient (Wildman–Crippen LogP) is -1.66. The summed E-state index contributed by atoms with van der Waals surface area (Å²) < 4.78 is 4.86. The minimum atomic E-state index is -1.19. The highest BCUT2D eigenvalue weighted by Crippen LogP contribution is 2.04. The van der Waals surface area contributed by atoms with Crippen LogP contribution in [0, 0.1) is 0 Å². The van der Waals surface area contributed by atoms with Gasteiger partial charge < -0.3 is 20.3 Å². The molecule has 6 nitrogen and oxygen atoms in total. The zero-order chi connectivity index (χ0) is 9.84. The number of hydrogen-bond acceptors (Lipinski definition) is 4. The highest BCUT2D eigenvalue weighted by Gasteiger charge is 2.27. The summed E-state index contributed by atoms with van der Waals surface area (Å²) in [5.74, 6) is -1.80. The van der Waals surface area contributed by atoms with Crippen molar-refractivity contribution < 1.29 is 24.5 Å². The van der Waals surface area contributed by atoms with Crippen LogP contribution in [-0.2, 0) is 14.3 Å². The molecule has 1 heterocycles. The molecule has 74 valence electrons. The predicted molar refractivity (Wildman–Crippen MR) is 41.0 cm³/mol. The second kappa shape index (κ2) is 4.20. The number of ether oxygens (including phenoxy) is 1. The van der Waals surface area contributed by atoms with Gasteiger partial charge in [-0.25, -0.2) is 0 Å². The summed E-state index contributed by atoms with van der Waals surface area (Å²) >= 11 is 0. The van der Waals surface area contributed by atoms with E-state index in [1.54, 1.807) is 0 Å². The molecule has 0 bridgehead atoms. The van der Waals surface area contributed by atoms with Gasteiger partial charge >= 0.3 is 5.97 Å². The number of rotatable bonds is 3. The van der Waals surface area contributed by atoms with Crippen molar-refractivity contribution >= 4 is 11.9 Å². The molecule has 0 spiro atoms. The van der Waals surface area contributed by atoms with Crippen LogP contribution in [0.2, 0.25) is 0 Å². The third kappa shape index (κ3) is 3.00. The summed E-state index contributed by atoms with van der Waals surface area (Å²) in [6.07, 6.45) is -1.32. The number of hydrogen-bond donors (Lipinski definition) is 3. The fraction of sp³-hybridized carbons (Fsp3) is 0.714. The molecule has 0 aromatic heterocycles. The molecule has 2 atom stereocenters. The van der Waals surface area contributed by atoms with Gasteiger partial charge in [-0.05, 0) is 0 Å². The average Bonchev–Trinajstić information content (AvgIpc) is 2.34. The molecule has 1 rings (SSSR count). The van der Waals surface area contributed by atoms with E-state index < -0.39 is 30.4 Å². The van der Waals surface area contributed by atoms with Crippen LogP contribution in [0.4, 0.5) is 0 Å². The van der Waals surface area contributed by atoms with Crippen LogP contribution in [0.3, 0.4) is 0 Å². The Hall–Kier alpha value is -1.14. The first-order valence-electron chi connectivity index (χ1n) is 3.86. The molecule has 0 aromatic rings. The molecular weight excluding hydrogens is 178 g/mol. The lowest BCUT2D eigenvalue weighted by Crippen LogP contribution is -2.43. The van der Waals surface area contributed by atoms with E-state index in [4.69, 9.17) is 9.84 Å². The highest BCUT2D eigenvalue weighted by molar-refractivity contribution is 5.93. The summed E-state index contributed by atoms with van der Waals surface area (Å²) in [6.45, 7) is 0.407.